The van der Waals surface area contributed by atoms with Gasteiger partial charge in [0.1, 0.15) is 0 Å². The second kappa shape index (κ2) is 11.2. The fourth-order valence-electron chi connectivity index (χ4n) is 1.73. The van der Waals surface area contributed by atoms with E-state index >= 15 is 0 Å². The van der Waals surface area contributed by atoms with Gasteiger partial charge in [-0.2, -0.15) is 0 Å². The van der Waals surface area contributed by atoms with E-state index in [1.165, 1.54) is 7.11 Å². The maximum Gasteiger partial charge on any atom is 0.500 e. The molecule has 19 heavy (non-hydrogen) atoms. The summed E-state index contributed by atoms with van der Waals surface area (Å²) in [5.74, 6) is 0. The Morgan fingerprint density at radius 1 is 1.00 bits per heavy atom. The largest absolute Gasteiger partial charge is 0.500 e. The van der Waals surface area contributed by atoms with Crippen molar-refractivity contribution in [3.8, 4) is 0 Å². The third-order valence-electron chi connectivity index (χ3n) is 2.46. The van der Waals surface area contributed by atoms with Crippen molar-refractivity contribution < 1.29 is 22.8 Å². The van der Waals surface area contributed by atoms with E-state index in [2.05, 4.69) is 10.1 Å². The molecule has 0 saturated carbocycles. The molecule has 0 heterocycles. The van der Waals surface area contributed by atoms with Crippen molar-refractivity contribution in [2.45, 2.75) is 39.7 Å². The maximum absolute atomic E-state index is 10.9. The molecule has 0 aromatic carbocycles. The summed E-state index contributed by atoms with van der Waals surface area (Å²) in [6.45, 7) is 8.18. The number of carbonyl (C=O) groups excluding carboxylic acids is 1. The zero-order valence-electron chi connectivity index (χ0n) is 12.5. The van der Waals surface area contributed by atoms with Gasteiger partial charge in [0.25, 0.3) is 0 Å². The molecular weight excluding hydrogens is 266 g/mol. The van der Waals surface area contributed by atoms with Crippen LogP contribution in [0.3, 0.4) is 0 Å². The topological polar surface area (TPSA) is 66.0 Å². The molecular formula is C12H27NO5Si. The lowest BCUT2D eigenvalue weighted by atomic mass is 10.3. The highest BCUT2D eigenvalue weighted by Gasteiger charge is 2.39. The minimum atomic E-state index is -2.52. The fourth-order valence-corrected chi connectivity index (χ4v) is 4.42. The first-order chi connectivity index (χ1) is 9.14. The van der Waals surface area contributed by atoms with Gasteiger partial charge < -0.3 is 23.3 Å². The molecule has 0 atom stereocenters. The van der Waals surface area contributed by atoms with E-state index in [4.69, 9.17) is 13.3 Å². The van der Waals surface area contributed by atoms with Gasteiger partial charge in [0.15, 0.2) is 0 Å². The van der Waals surface area contributed by atoms with Crippen LogP contribution in [0.15, 0.2) is 0 Å². The number of hydrogen-bond donors (Lipinski definition) is 1. The Morgan fingerprint density at radius 2 is 1.53 bits per heavy atom. The van der Waals surface area contributed by atoms with Gasteiger partial charge in [-0.15, -0.1) is 0 Å². The van der Waals surface area contributed by atoms with E-state index < -0.39 is 14.9 Å². The lowest BCUT2D eigenvalue weighted by molar-refractivity contribution is 0.0707. The Kier molecular flexibility index (Phi) is 10.8. The van der Waals surface area contributed by atoms with Crippen LogP contribution in [0.25, 0.3) is 0 Å². The molecule has 0 saturated heterocycles. The molecule has 0 fully saturated rings. The molecule has 7 heteroatoms. The van der Waals surface area contributed by atoms with Crippen LogP contribution in [0.1, 0.15) is 33.6 Å². The van der Waals surface area contributed by atoms with Crippen LogP contribution in [0.5, 0.6) is 0 Å². The Hall–Kier alpha value is -0.633. The molecule has 1 amide bonds. The molecule has 0 aromatic rings. The molecule has 0 radical (unpaired) electrons. The van der Waals surface area contributed by atoms with Crippen LogP contribution in [-0.2, 0) is 18.0 Å². The third-order valence-corrected chi connectivity index (χ3v) is 5.61. The van der Waals surface area contributed by atoms with Crippen molar-refractivity contribution >= 4 is 14.9 Å². The average molecular weight is 293 g/mol. The highest BCUT2D eigenvalue weighted by atomic mass is 28.4. The van der Waals surface area contributed by atoms with E-state index in [1.54, 1.807) is 0 Å². The number of hydrogen-bond acceptors (Lipinski definition) is 5. The van der Waals surface area contributed by atoms with Crippen LogP contribution in [0.2, 0.25) is 6.04 Å². The Morgan fingerprint density at radius 3 is 1.95 bits per heavy atom. The first kappa shape index (κ1) is 18.4. The Bertz CT molecular complexity index is 223. The number of amides is 1. The standard InChI is InChI=1S/C12H27NO5Si/c1-5-16-19(17-6-2,18-7-3)11-9-8-10-13-12(14)15-4/h5-11H2,1-4H3,(H,13,14). The number of alkyl carbamates (subject to hydrolysis) is 1. The minimum Gasteiger partial charge on any atom is -0.453 e. The van der Waals surface area contributed by atoms with Gasteiger partial charge in [-0.1, -0.05) is 0 Å². The SMILES string of the molecule is CCO[Si](CCCCNC(=O)OC)(OCC)OCC. The molecule has 0 aliphatic rings. The molecule has 0 aliphatic carbocycles. The summed E-state index contributed by atoms with van der Waals surface area (Å²) in [7, 11) is -1.17. The minimum absolute atomic E-state index is 0.400. The van der Waals surface area contributed by atoms with Crippen LogP contribution in [-0.4, -0.2) is 48.4 Å². The summed E-state index contributed by atoms with van der Waals surface area (Å²) in [5, 5.41) is 2.65. The second-order valence-electron chi connectivity index (χ2n) is 3.86. The predicted molar refractivity (Wildman–Crippen MR) is 75.1 cm³/mol. The lowest BCUT2D eigenvalue weighted by Crippen LogP contribution is -2.46. The molecule has 0 aliphatic heterocycles. The van der Waals surface area contributed by atoms with Crippen molar-refractivity contribution in [2.75, 3.05) is 33.5 Å². The lowest BCUT2D eigenvalue weighted by Gasteiger charge is -2.28. The van der Waals surface area contributed by atoms with Gasteiger partial charge in [-0.05, 0) is 33.6 Å². The monoisotopic (exact) mass is 293 g/mol. The van der Waals surface area contributed by atoms with Gasteiger partial charge in [0.2, 0.25) is 0 Å². The Balaban J connectivity index is 4.06. The summed E-state index contributed by atoms with van der Waals surface area (Å²) < 4.78 is 21.7. The van der Waals surface area contributed by atoms with Crippen LogP contribution in [0.4, 0.5) is 4.79 Å². The molecule has 0 bridgehead atoms. The molecule has 1 N–H and O–H groups in total. The maximum atomic E-state index is 10.9. The molecule has 114 valence electrons. The number of nitrogens with one attached hydrogen (secondary N) is 1. The van der Waals surface area contributed by atoms with E-state index in [1.807, 2.05) is 20.8 Å². The van der Waals surface area contributed by atoms with Crippen molar-refractivity contribution in [2.24, 2.45) is 0 Å². The van der Waals surface area contributed by atoms with Gasteiger partial charge in [0, 0.05) is 32.4 Å². The zero-order valence-corrected chi connectivity index (χ0v) is 13.5. The van der Waals surface area contributed by atoms with Crippen molar-refractivity contribution in [1.29, 1.82) is 0 Å². The molecule has 6 nitrogen and oxygen atoms in total. The number of rotatable bonds is 11. The third kappa shape index (κ3) is 8.20. The second-order valence-corrected chi connectivity index (χ2v) is 6.59. The smallest absolute Gasteiger partial charge is 0.453 e. The molecule has 0 rings (SSSR count). The van der Waals surface area contributed by atoms with E-state index in [0.29, 0.717) is 26.4 Å². The van der Waals surface area contributed by atoms with Crippen molar-refractivity contribution in [3.63, 3.8) is 0 Å². The van der Waals surface area contributed by atoms with Gasteiger partial charge in [-0.25, -0.2) is 4.79 Å². The van der Waals surface area contributed by atoms with E-state index in [9.17, 15) is 4.79 Å². The van der Waals surface area contributed by atoms with E-state index in [-0.39, 0.29) is 0 Å². The fraction of sp³-hybridized carbons (Fsp3) is 0.917. The zero-order chi connectivity index (χ0) is 14.6. The summed E-state index contributed by atoms with van der Waals surface area (Å²) >= 11 is 0. The molecule has 0 unspecified atom stereocenters. The quantitative estimate of drug-likeness (QED) is 0.467. The summed E-state index contributed by atoms with van der Waals surface area (Å²) in [6.07, 6.45) is 1.33. The highest BCUT2D eigenvalue weighted by Crippen LogP contribution is 2.19. The summed E-state index contributed by atoms with van der Waals surface area (Å²) in [5.41, 5.74) is 0. The van der Waals surface area contributed by atoms with Gasteiger partial charge >= 0.3 is 14.9 Å². The van der Waals surface area contributed by atoms with Crippen LogP contribution < -0.4 is 5.32 Å². The number of unbranched alkanes of at least 4 members (excludes halogenated alkanes) is 1. The van der Waals surface area contributed by atoms with Gasteiger partial charge in [0.05, 0.1) is 7.11 Å². The number of ether oxygens (including phenoxy) is 1. The predicted octanol–water partition coefficient (Wildman–Crippen LogP) is 2.17. The van der Waals surface area contributed by atoms with Crippen molar-refractivity contribution in [1.82, 2.24) is 5.32 Å². The summed E-state index contributed by atoms with van der Waals surface area (Å²) in [6, 6.07) is 0.769. The normalized spacial score (nSPS) is 11.4. The average Bonchev–Trinajstić information content (AvgIpc) is 2.39. The number of methoxy groups -OCH3 is 1. The summed E-state index contributed by atoms with van der Waals surface area (Å²) in [4.78, 5) is 10.9. The molecule has 0 aromatic heterocycles. The number of carbonyl (C=O) groups is 1. The van der Waals surface area contributed by atoms with E-state index in [0.717, 1.165) is 18.9 Å². The first-order valence-electron chi connectivity index (χ1n) is 6.87. The van der Waals surface area contributed by atoms with Gasteiger partial charge in [-0.3, -0.25) is 0 Å². The van der Waals surface area contributed by atoms with Crippen LogP contribution >= 0.6 is 0 Å². The molecule has 0 spiro atoms. The van der Waals surface area contributed by atoms with Crippen molar-refractivity contribution in [3.05, 3.63) is 0 Å². The Labute approximate surface area is 117 Å². The highest BCUT2D eigenvalue weighted by molar-refractivity contribution is 6.60. The first-order valence-corrected chi connectivity index (χ1v) is 8.81. The van der Waals surface area contributed by atoms with Crippen LogP contribution in [0, 0.1) is 0 Å².